The van der Waals surface area contributed by atoms with Crippen LogP contribution in [0.25, 0.3) is 0 Å². The first-order valence-electron chi connectivity index (χ1n) is 7.70. The Balaban J connectivity index is 2.14. The highest BCUT2D eigenvalue weighted by Gasteiger charge is 2.07. The van der Waals surface area contributed by atoms with Crippen molar-refractivity contribution < 1.29 is 9.47 Å². The third kappa shape index (κ3) is 4.48. The predicted molar refractivity (Wildman–Crippen MR) is 93.0 cm³/mol. The molecule has 0 radical (unpaired) electrons. The van der Waals surface area contributed by atoms with Gasteiger partial charge in [-0.3, -0.25) is 0 Å². The molecule has 124 valence electrons. The Hall–Kier alpha value is -2.50. The van der Waals surface area contributed by atoms with Crippen LogP contribution in [0.5, 0.6) is 11.5 Å². The Morgan fingerprint density at radius 1 is 1.09 bits per heavy atom. The SMILES string of the molecule is CCCCN(C)c1cc(Nc2ccc(OC)c(OC)c2)ncn1. The maximum Gasteiger partial charge on any atom is 0.162 e. The fourth-order valence-corrected chi connectivity index (χ4v) is 2.20. The van der Waals surface area contributed by atoms with Crippen LogP contribution in [-0.4, -0.2) is 37.8 Å². The van der Waals surface area contributed by atoms with Crippen LogP contribution in [0.3, 0.4) is 0 Å². The molecular formula is C17H24N4O2. The molecule has 1 aromatic heterocycles. The van der Waals surface area contributed by atoms with Crippen molar-refractivity contribution in [1.29, 1.82) is 0 Å². The highest BCUT2D eigenvalue weighted by atomic mass is 16.5. The molecule has 1 heterocycles. The van der Waals surface area contributed by atoms with Crippen molar-refractivity contribution in [2.24, 2.45) is 0 Å². The normalized spacial score (nSPS) is 10.3. The molecular weight excluding hydrogens is 292 g/mol. The maximum atomic E-state index is 5.31. The van der Waals surface area contributed by atoms with Gasteiger partial charge in [0.15, 0.2) is 11.5 Å². The average molecular weight is 316 g/mol. The molecule has 0 spiro atoms. The van der Waals surface area contributed by atoms with Crippen molar-refractivity contribution in [2.75, 3.05) is 38.0 Å². The van der Waals surface area contributed by atoms with E-state index in [4.69, 9.17) is 9.47 Å². The summed E-state index contributed by atoms with van der Waals surface area (Å²) in [4.78, 5) is 10.7. The van der Waals surface area contributed by atoms with E-state index in [0.29, 0.717) is 11.5 Å². The van der Waals surface area contributed by atoms with Crippen LogP contribution in [-0.2, 0) is 0 Å². The van der Waals surface area contributed by atoms with E-state index < -0.39 is 0 Å². The van der Waals surface area contributed by atoms with E-state index in [-0.39, 0.29) is 0 Å². The van der Waals surface area contributed by atoms with Gasteiger partial charge in [0.2, 0.25) is 0 Å². The summed E-state index contributed by atoms with van der Waals surface area (Å²) in [6.45, 7) is 3.15. The minimum absolute atomic E-state index is 0.673. The summed E-state index contributed by atoms with van der Waals surface area (Å²) in [6, 6.07) is 7.59. The molecule has 2 aromatic rings. The summed E-state index contributed by atoms with van der Waals surface area (Å²) in [6.07, 6.45) is 3.87. The zero-order valence-electron chi connectivity index (χ0n) is 14.2. The Labute approximate surface area is 137 Å². The van der Waals surface area contributed by atoms with Gasteiger partial charge in [-0.15, -0.1) is 0 Å². The van der Waals surface area contributed by atoms with Crippen molar-refractivity contribution in [3.05, 3.63) is 30.6 Å². The molecule has 0 atom stereocenters. The molecule has 0 unspecified atom stereocenters. The molecule has 23 heavy (non-hydrogen) atoms. The van der Waals surface area contributed by atoms with E-state index in [0.717, 1.165) is 36.7 Å². The molecule has 1 N–H and O–H groups in total. The fraction of sp³-hybridized carbons (Fsp3) is 0.412. The summed E-state index contributed by atoms with van der Waals surface area (Å²) in [5.41, 5.74) is 0.878. The Kier molecular flexibility index (Phi) is 6.02. The van der Waals surface area contributed by atoms with E-state index in [1.165, 1.54) is 0 Å². The summed E-state index contributed by atoms with van der Waals surface area (Å²) >= 11 is 0. The number of nitrogens with one attached hydrogen (secondary N) is 1. The monoisotopic (exact) mass is 316 g/mol. The van der Waals surface area contributed by atoms with Crippen LogP contribution in [0.4, 0.5) is 17.3 Å². The van der Waals surface area contributed by atoms with Crippen LogP contribution in [0.15, 0.2) is 30.6 Å². The number of aromatic nitrogens is 2. The van der Waals surface area contributed by atoms with Gasteiger partial charge >= 0.3 is 0 Å². The van der Waals surface area contributed by atoms with Crippen molar-refractivity contribution in [1.82, 2.24) is 9.97 Å². The number of nitrogens with zero attached hydrogens (tertiary/aromatic N) is 3. The largest absolute Gasteiger partial charge is 0.493 e. The molecule has 2 rings (SSSR count). The van der Waals surface area contributed by atoms with Gasteiger partial charge in [-0.05, 0) is 18.6 Å². The minimum atomic E-state index is 0.673. The number of anilines is 3. The van der Waals surface area contributed by atoms with Crippen molar-refractivity contribution in [3.8, 4) is 11.5 Å². The Bertz CT molecular complexity index is 634. The average Bonchev–Trinajstić information content (AvgIpc) is 2.59. The van der Waals surface area contributed by atoms with E-state index in [9.17, 15) is 0 Å². The van der Waals surface area contributed by atoms with E-state index in [1.54, 1.807) is 20.5 Å². The molecule has 0 bridgehead atoms. The zero-order chi connectivity index (χ0) is 16.7. The number of methoxy groups -OCH3 is 2. The van der Waals surface area contributed by atoms with Crippen LogP contribution in [0.2, 0.25) is 0 Å². The van der Waals surface area contributed by atoms with Gasteiger partial charge in [-0.25, -0.2) is 9.97 Å². The zero-order valence-corrected chi connectivity index (χ0v) is 14.2. The van der Waals surface area contributed by atoms with Crippen LogP contribution < -0.4 is 19.7 Å². The molecule has 0 aliphatic rings. The third-order valence-electron chi connectivity index (χ3n) is 3.55. The number of hydrogen-bond acceptors (Lipinski definition) is 6. The quantitative estimate of drug-likeness (QED) is 0.804. The van der Waals surface area contributed by atoms with Gasteiger partial charge < -0.3 is 19.7 Å². The lowest BCUT2D eigenvalue weighted by Gasteiger charge is -2.18. The number of rotatable bonds is 8. The molecule has 0 saturated heterocycles. The lowest BCUT2D eigenvalue weighted by Crippen LogP contribution is -2.19. The standard InChI is InChI=1S/C17H24N4O2/c1-5-6-9-21(2)17-11-16(18-12-19-17)20-13-7-8-14(22-3)15(10-13)23-4/h7-8,10-12H,5-6,9H2,1-4H3,(H,18,19,20). The van der Waals surface area contributed by atoms with Crippen molar-refractivity contribution in [2.45, 2.75) is 19.8 Å². The lowest BCUT2D eigenvalue weighted by atomic mass is 10.2. The predicted octanol–water partition coefficient (Wildman–Crippen LogP) is 3.47. The second-order valence-corrected chi connectivity index (χ2v) is 5.23. The Morgan fingerprint density at radius 2 is 1.87 bits per heavy atom. The highest BCUT2D eigenvalue weighted by molar-refractivity contribution is 5.63. The van der Waals surface area contributed by atoms with Gasteiger partial charge in [0, 0.05) is 31.4 Å². The van der Waals surface area contributed by atoms with Crippen LogP contribution >= 0.6 is 0 Å². The number of benzene rings is 1. The maximum absolute atomic E-state index is 5.31. The second kappa shape index (κ2) is 8.22. The summed E-state index contributed by atoms with van der Waals surface area (Å²) < 4.78 is 10.6. The molecule has 0 aliphatic heterocycles. The smallest absolute Gasteiger partial charge is 0.162 e. The fourth-order valence-electron chi connectivity index (χ4n) is 2.20. The first-order valence-corrected chi connectivity index (χ1v) is 7.70. The van der Waals surface area contributed by atoms with Gasteiger partial charge in [-0.2, -0.15) is 0 Å². The highest BCUT2D eigenvalue weighted by Crippen LogP contribution is 2.31. The topological polar surface area (TPSA) is 59.5 Å². The van der Waals surface area contributed by atoms with Crippen LogP contribution in [0.1, 0.15) is 19.8 Å². The molecule has 6 heteroatoms. The first kappa shape index (κ1) is 16.9. The Morgan fingerprint density at radius 3 is 2.57 bits per heavy atom. The summed E-state index contributed by atoms with van der Waals surface area (Å²) in [7, 11) is 5.28. The molecule has 1 aromatic carbocycles. The van der Waals surface area contributed by atoms with Gasteiger partial charge in [0.1, 0.15) is 18.0 Å². The second-order valence-electron chi connectivity index (χ2n) is 5.23. The van der Waals surface area contributed by atoms with Crippen LogP contribution in [0, 0.1) is 0 Å². The van der Waals surface area contributed by atoms with Gasteiger partial charge in [0.05, 0.1) is 14.2 Å². The third-order valence-corrected chi connectivity index (χ3v) is 3.55. The minimum Gasteiger partial charge on any atom is -0.493 e. The number of ether oxygens (including phenoxy) is 2. The first-order chi connectivity index (χ1) is 11.2. The van der Waals surface area contributed by atoms with Crippen molar-refractivity contribution in [3.63, 3.8) is 0 Å². The van der Waals surface area contributed by atoms with Gasteiger partial charge in [0.25, 0.3) is 0 Å². The van der Waals surface area contributed by atoms with Crippen molar-refractivity contribution >= 4 is 17.3 Å². The van der Waals surface area contributed by atoms with Gasteiger partial charge in [-0.1, -0.05) is 13.3 Å². The lowest BCUT2D eigenvalue weighted by molar-refractivity contribution is 0.355. The molecule has 0 aliphatic carbocycles. The number of hydrogen-bond donors (Lipinski definition) is 1. The van der Waals surface area contributed by atoms with E-state index >= 15 is 0 Å². The van der Waals surface area contributed by atoms with E-state index in [1.807, 2.05) is 31.3 Å². The summed E-state index contributed by atoms with van der Waals surface area (Å²) in [5, 5.41) is 3.27. The van der Waals surface area contributed by atoms with E-state index in [2.05, 4.69) is 27.1 Å². The molecule has 6 nitrogen and oxygen atoms in total. The number of unbranched alkanes of at least 4 members (excludes halogenated alkanes) is 1. The summed E-state index contributed by atoms with van der Waals surface area (Å²) in [5.74, 6) is 3.01. The molecule has 0 fully saturated rings. The molecule has 0 saturated carbocycles. The molecule has 0 amide bonds.